The topological polar surface area (TPSA) is 138 Å². The van der Waals surface area contributed by atoms with Gasteiger partial charge in [0.1, 0.15) is 23.9 Å². The number of aromatic amines is 1. The molecule has 4 aromatic rings. The quantitative estimate of drug-likeness (QED) is 0.356. The summed E-state index contributed by atoms with van der Waals surface area (Å²) in [4.78, 5) is 18.8. The van der Waals surface area contributed by atoms with Gasteiger partial charge in [0.15, 0.2) is 5.58 Å². The predicted molar refractivity (Wildman–Crippen MR) is 110 cm³/mol. The Morgan fingerprint density at radius 2 is 2.21 bits per heavy atom. The second-order valence-electron chi connectivity index (χ2n) is 6.99. The lowest BCUT2D eigenvalue weighted by Crippen LogP contribution is -2.25. The Kier molecular flexibility index (Phi) is 3.76. The van der Waals surface area contributed by atoms with Gasteiger partial charge in [-0.15, -0.1) is 0 Å². The molecule has 6 N–H and O–H groups in total. The summed E-state index contributed by atoms with van der Waals surface area (Å²) in [5, 5.41) is 16.5. The number of nitrogens with zero attached hydrogens (tertiary/aromatic N) is 1. The number of carboxylic acids is 1. The lowest BCUT2D eigenvalue weighted by molar-refractivity contribution is -0.137. The van der Waals surface area contributed by atoms with E-state index in [1.54, 1.807) is 6.92 Å². The molecule has 2 aromatic carbocycles. The van der Waals surface area contributed by atoms with Gasteiger partial charge in [0, 0.05) is 23.9 Å². The Balaban J connectivity index is 1.67. The van der Waals surface area contributed by atoms with Crippen LogP contribution < -0.4 is 21.1 Å². The van der Waals surface area contributed by atoms with E-state index < -0.39 is 12.0 Å². The van der Waals surface area contributed by atoms with Crippen molar-refractivity contribution in [2.45, 2.75) is 13.0 Å². The minimum absolute atomic E-state index is 0.129. The number of carbonyl (C=O) groups is 1. The number of anilines is 3. The molecule has 2 aromatic heterocycles. The van der Waals surface area contributed by atoms with Gasteiger partial charge in [-0.1, -0.05) is 0 Å². The van der Waals surface area contributed by atoms with E-state index in [-0.39, 0.29) is 6.01 Å². The minimum Gasteiger partial charge on any atom is -0.491 e. The molecule has 0 bridgehead atoms. The van der Waals surface area contributed by atoms with Crippen LogP contribution in [0.1, 0.15) is 6.92 Å². The van der Waals surface area contributed by atoms with Gasteiger partial charge in [0.25, 0.3) is 6.01 Å². The average molecular weight is 393 g/mol. The number of oxazole rings is 1. The molecule has 0 saturated heterocycles. The summed E-state index contributed by atoms with van der Waals surface area (Å²) in [7, 11) is 0. The van der Waals surface area contributed by atoms with E-state index in [4.69, 9.17) is 14.9 Å². The average Bonchev–Trinajstić information content (AvgIpc) is 3.15. The molecule has 1 aliphatic rings. The van der Waals surface area contributed by atoms with E-state index in [0.29, 0.717) is 35.7 Å². The van der Waals surface area contributed by atoms with Crippen molar-refractivity contribution < 1.29 is 19.1 Å². The van der Waals surface area contributed by atoms with Gasteiger partial charge in [-0.05, 0) is 31.2 Å². The Hall–Kier alpha value is -3.88. The first-order valence-corrected chi connectivity index (χ1v) is 9.22. The number of rotatable bonds is 4. The molecule has 9 nitrogen and oxygen atoms in total. The number of H-pyrrole nitrogens is 1. The van der Waals surface area contributed by atoms with E-state index in [0.717, 1.165) is 27.8 Å². The molecule has 0 spiro atoms. The number of nitrogens with one attached hydrogen (secondary N) is 3. The van der Waals surface area contributed by atoms with Crippen molar-refractivity contribution in [2.75, 3.05) is 29.5 Å². The van der Waals surface area contributed by atoms with Crippen LogP contribution in [0.5, 0.6) is 5.75 Å². The summed E-state index contributed by atoms with van der Waals surface area (Å²) < 4.78 is 11.3. The monoisotopic (exact) mass is 393 g/mol. The van der Waals surface area contributed by atoms with Crippen molar-refractivity contribution in [1.29, 1.82) is 0 Å². The molecule has 9 heteroatoms. The molecule has 1 atom stereocenters. The number of hydrogen-bond donors (Lipinski definition) is 5. The zero-order chi connectivity index (χ0) is 20.1. The highest BCUT2D eigenvalue weighted by atomic mass is 16.5. The van der Waals surface area contributed by atoms with Crippen LogP contribution in [0.4, 0.5) is 17.4 Å². The fourth-order valence-corrected chi connectivity index (χ4v) is 3.63. The maximum Gasteiger partial charge on any atom is 0.325 e. The van der Waals surface area contributed by atoms with Crippen LogP contribution in [0.15, 0.2) is 34.7 Å². The number of benzene rings is 2. The number of aromatic nitrogens is 2. The fourth-order valence-electron chi connectivity index (χ4n) is 3.63. The minimum atomic E-state index is -0.924. The van der Waals surface area contributed by atoms with Crippen LogP contribution in [-0.4, -0.2) is 40.2 Å². The van der Waals surface area contributed by atoms with E-state index in [1.165, 1.54) is 0 Å². The van der Waals surface area contributed by atoms with E-state index in [2.05, 4.69) is 20.6 Å². The van der Waals surface area contributed by atoms with Crippen molar-refractivity contribution in [1.82, 2.24) is 9.97 Å². The van der Waals surface area contributed by atoms with Crippen LogP contribution in [0.3, 0.4) is 0 Å². The van der Waals surface area contributed by atoms with Gasteiger partial charge >= 0.3 is 5.97 Å². The zero-order valence-electron chi connectivity index (χ0n) is 15.6. The first-order valence-electron chi connectivity index (χ1n) is 9.22. The van der Waals surface area contributed by atoms with Crippen LogP contribution >= 0.6 is 0 Å². The molecule has 0 aliphatic carbocycles. The van der Waals surface area contributed by atoms with Crippen LogP contribution in [0, 0.1) is 0 Å². The summed E-state index contributed by atoms with van der Waals surface area (Å²) in [6.07, 6.45) is 0. The summed E-state index contributed by atoms with van der Waals surface area (Å²) in [6, 6.07) is 8.80. The Bertz CT molecular complexity index is 1260. The maximum atomic E-state index is 11.2. The maximum absolute atomic E-state index is 11.2. The van der Waals surface area contributed by atoms with Crippen molar-refractivity contribution in [3.63, 3.8) is 0 Å². The number of hydrogen-bond acceptors (Lipinski definition) is 7. The molecular weight excluding hydrogens is 374 g/mol. The Labute approximate surface area is 164 Å². The molecule has 0 radical (unpaired) electrons. The van der Waals surface area contributed by atoms with Gasteiger partial charge in [-0.3, -0.25) is 4.79 Å². The molecule has 0 unspecified atom stereocenters. The standard InChI is InChI=1S/C20H19N5O4/c1-9(19(26)27)23-11-7-13-16-15(8-11)28-5-4-22-18(16)17(24-13)10-2-3-14-12(6-10)25-20(21)29-14/h2-3,6-9,22-24H,4-5H2,1H3,(H2,21,25)(H,26,27)/t9-/m0/s1. The molecule has 29 heavy (non-hydrogen) atoms. The highest BCUT2D eigenvalue weighted by Crippen LogP contribution is 2.43. The van der Waals surface area contributed by atoms with Crippen LogP contribution in [0.25, 0.3) is 33.3 Å². The summed E-state index contributed by atoms with van der Waals surface area (Å²) in [6.45, 7) is 2.74. The number of carboxylic acid groups (broad SMARTS) is 1. The molecular formula is C20H19N5O4. The fraction of sp³-hybridized carbons (Fsp3) is 0.200. The normalized spacial score (nSPS) is 14.2. The van der Waals surface area contributed by atoms with Crippen LogP contribution in [0.2, 0.25) is 0 Å². The summed E-state index contributed by atoms with van der Waals surface area (Å²) >= 11 is 0. The zero-order valence-corrected chi connectivity index (χ0v) is 15.6. The highest BCUT2D eigenvalue weighted by molar-refractivity contribution is 6.07. The third-order valence-electron chi connectivity index (χ3n) is 4.97. The van der Waals surface area contributed by atoms with E-state index in [1.807, 2.05) is 30.3 Å². The molecule has 0 fully saturated rings. The molecule has 3 heterocycles. The van der Waals surface area contributed by atoms with Crippen molar-refractivity contribution in [3.8, 4) is 17.0 Å². The van der Waals surface area contributed by atoms with E-state index >= 15 is 0 Å². The lowest BCUT2D eigenvalue weighted by Gasteiger charge is -2.13. The third-order valence-corrected chi connectivity index (χ3v) is 4.97. The first-order chi connectivity index (χ1) is 14.0. The SMILES string of the molecule is C[C@H](Nc1cc2c3c(c(-c4ccc5oc(N)nc5c4)[nH]c3c1)NCCO2)C(=O)O. The highest BCUT2D eigenvalue weighted by Gasteiger charge is 2.22. The Morgan fingerprint density at radius 1 is 1.34 bits per heavy atom. The molecule has 148 valence electrons. The van der Waals surface area contributed by atoms with Gasteiger partial charge in [-0.25, -0.2) is 0 Å². The van der Waals surface area contributed by atoms with Crippen molar-refractivity contribution >= 4 is 45.4 Å². The van der Waals surface area contributed by atoms with Gasteiger partial charge in [0.2, 0.25) is 0 Å². The van der Waals surface area contributed by atoms with Crippen LogP contribution in [-0.2, 0) is 4.79 Å². The third kappa shape index (κ3) is 2.87. The van der Waals surface area contributed by atoms with Gasteiger partial charge in [0.05, 0.1) is 22.3 Å². The molecule has 5 rings (SSSR count). The predicted octanol–water partition coefficient (Wildman–Crippen LogP) is 3.25. The van der Waals surface area contributed by atoms with Gasteiger partial charge < -0.3 is 35.6 Å². The molecule has 0 amide bonds. The first kappa shape index (κ1) is 17.2. The van der Waals surface area contributed by atoms with E-state index in [9.17, 15) is 9.90 Å². The van der Waals surface area contributed by atoms with Crippen molar-refractivity contribution in [2.24, 2.45) is 0 Å². The lowest BCUT2D eigenvalue weighted by atomic mass is 10.1. The molecule has 0 saturated carbocycles. The number of ether oxygens (including phenoxy) is 1. The number of nitrogen functional groups attached to an aromatic ring is 1. The second kappa shape index (κ2) is 6.33. The summed E-state index contributed by atoms with van der Waals surface area (Å²) in [5.41, 5.74) is 11.2. The summed E-state index contributed by atoms with van der Waals surface area (Å²) in [5.74, 6) is -0.233. The Morgan fingerprint density at radius 3 is 3.03 bits per heavy atom. The number of nitrogens with two attached hydrogens (primary N) is 1. The number of fused-ring (bicyclic) bond motifs is 1. The smallest absolute Gasteiger partial charge is 0.325 e. The van der Waals surface area contributed by atoms with Gasteiger partial charge in [-0.2, -0.15) is 4.98 Å². The van der Waals surface area contributed by atoms with Crippen molar-refractivity contribution in [3.05, 3.63) is 30.3 Å². The number of aliphatic carboxylic acids is 1. The largest absolute Gasteiger partial charge is 0.491 e. The second-order valence-corrected chi connectivity index (χ2v) is 6.99. The molecule has 1 aliphatic heterocycles.